The molecule has 17 aliphatic rings. The number of rotatable bonds is 37. The number of ether oxygens (including phenoxy) is 14. The van der Waals surface area contributed by atoms with Crippen LogP contribution in [0.3, 0.4) is 0 Å². The molecule has 16 saturated carbocycles. The van der Waals surface area contributed by atoms with E-state index in [2.05, 4.69) is 174 Å². The van der Waals surface area contributed by atoms with Gasteiger partial charge in [-0.2, -0.15) is 11.8 Å². The van der Waals surface area contributed by atoms with Gasteiger partial charge in [-0.3, -0.25) is 0 Å². The maximum absolute atomic E-state index is 6.25. The summed E-state index contributed by atoms with van der Waals surface area (Å²) in [5.41, 5.74) is 2.28. The van der Waals surface area contributed by atoms with Gasteiger partial charge in [0.2, 0.25) is 0 Å². The Labute approximate surface area is 858 Å². The van der Waals surface area contributed by atoms with Crippen LogP contribution in [-0.4, -0.2) is 183 Å². The molecule has 12 unspecified atom stereocenters. The highest BCUT2D eigenvalue weighted by Gasteiger charge is 2.62. The van der Waals surface area contributed by atoms with E-state index in [4.69, 9.17) is 61.6 Å². The third-order valence-corrected chi connectivity index (χ3v) is 32.6. The summed E-state index contributed by atoms with van der Waals surface area (Å²) in [6, 6.07) is 20.2. The van der Waals surface area contributed by atoms with Crippen molar-refractivity contribution in [2.45, 2.75) is 497 Å². The van der Waals surface area contributed by atoms with E-state index >= 15 is 0 Å². The SMILES string of the molecule is CC(C)COC(C)C.CC(C)OC12CC3CC(CC(C3)C1)C2.CC(C)OC1CCCCC1.CC(C)OCC12CC3CC(CC(C3)C1)C2.CC(C)OCCC1CC2CC1C1C3CCC(C3)C21.CC(C)OCCC1CC2CCC1C2.CC(C)OCCC1CCCCC1.CC(C)OCCOc1ccccc1.CC(C)OCCc1ccccc1.CC1CSCCO1.CCOC.CCOC(C)CC.CCOCC. The molecule has 2 aromatic carbocycles. The summed E-state index contributed by atoms with van der Waals surface area (Å²) >= 11 is 1.98. The normalized spacial score (nSPS) is 29.5. The van der Waals surface area contributed by atoms with Crippen LogP contribution in [0.1, 0.15) is 417 Å². The summed E-state index contributed by atoms with van der Waals surface area (Å²) < 4.78 is 76.2. The van der Waals surface area contributed by atoms with Gasteiger partial charge in [0.25, 0.3) is 0 Å². The lowest BCUT2D eigenvalue weighted by Gasteiger charge is -2.56. The summed E-state index contributed by atoms with van der Waals surface area (Å²) in [6.07, 6.45) is 56.8. The second-order valence-electron chi connectivity index (χ2n) is 47.5. The van der Waals surface area contributed by atoms with Crippen LogP contribution >= 0.6 is 11.8 Å². The molecule has 1 heterocycles. The maximum atomic E-state index is 6.25. The molecule has 16 aliphatic carbocycles. The lowest BCUT2D eigenvalue weighted by atomic mass is 9.50. The second-order valence-corrected chi connectivity index (χ2v) is 48.6. The molecule has 0 radical (unpaired) electrons. The minimum atomic E-state index is 0.277. The number of benzene rings is 2. The molecule has 17 fully saturated rings. The molecular formula is C123H226O14S. The number of para-hydroxylation sites is 1. The zero-order chi connectivity index (χ0) is 101. The lowest BCUT2D eigenvalue weighted by molar-refractivity contribution is -0.180. The van der Waals surface area contributed by atoms with Gasteiger partial charge in [0.05, 0.1) is 105 Å². The van der Waals surface area contributed by atoms with Crippen LogP contribution in [-0.2, 0) is 68.0 Å². The smallest absolute Gasteiger partial charge is 0.119 e. The molecule has 0 spiro atoms. The zero-order valence-electron chi connectivity index (χ0n) is 95.3. The van der Waals surface area contributed by atoms with Gasteiger partial charge in [-0.25, -0.2) is 0 Å². The molecule has 19 rings (SSSR count). The van der Waals surface area contributed by atoms with Gasteiger partial charge in [0, 0.05) is 71.5 Å². The molecule has 0 N–H and O–H groups in total. The van der Waals surface area contributed by atoms with Gasteiger partial charge >= 0.3 is 0 Å². The van der Waals surface area contributed by atoms with E-state index in [0.717, 1.165) is 186 Å². The average Bonchev–Trinajstić information content (AvgIpc) is 1.55. The van der Waals surface area contributed by atoms with Crippen molar-refractivity contribution in [1.82, 2.24) is 0 Å². The minimum Gasteiger partial charge on any atom is -0.491 e. The van der Waals surface area contributed by atoms with Crippen LogP contribution in [0.2, 0.25) is 0 Å². The highest BCUT2D eigenvalue weighted by Crippen LogP contribution is 2.69. The van der Waals surface area contributed by atoms with Crippen LogP contribution in [0, 0.1) is 112 Å². The Morgan fingerprint density at radius 2 is 0.870 bits per heavy atom. The van der Waals surface area contributed by atoms with E-state index < -0.39 is 0 Å². The van der Waals surface area contributed by atoms with E-state index in [1.165, 1.54) is 190 Å². The molecule has 808 valence electrons. The fraction of sp³-hybridized carbons (Fsp3) is 0.902. The fourth-order valence-corrected chi connectivity index (χ4v) is 27.1. The van der Waals surface area contributed by atoms with Crippen molar-refractivity contribution >= 4 is 11.8 Å². The zero-order valence-corrected chi connectivity index (χ0v) is 96.1. The van der Waals surface area contributed by atoms with E-state index in [1.54, 1.807) is 58.5 Å². The number of hydrogen-bond donors (Lipinski definition) is 0. The van der Waals surface area contributed by atoms with Crippen LogP contribution in [0.15, 0.2) is 60.7 Å². The topological polar surface area (TPSA) is 129 Å². The summed E-state index contributed by atoms with van der Waals surface area (Å²) in [5.74, 6) is 22.2. The Morgan fingerprint density at radius 1 is 0.391 bits per heavy atom. The molecular weight excluding hydrogens is 1730 g/mol. The third-order valence-electron chi connectivity index (χ3n) is 31.4. The van der Waals surface area contributed by atoms with Crippen LogP contribution in [0.25, 0.3) is 0 Å². The standard InChI is InChI=1S/C17H28O.C14H24O.C13H22O.C12H22O.C11H16O2.C11H22O.C11H16O.C9H18O.C7H16O.C6H14O.C5H10OS.C4H10O.C3H8O/c1-10(2)18-6-5-11-7-14-9-15(11)17-13-4-3-12(8-13)16(14)17;1-10(2)15-9-14-6-11-3-12(7-14)5-13(4-11)8-14;1-9(2)14-13-6-10-3-11(7-13)5-12(4-10)8-13;1-9(2)13-6-5-12-8-10-3-4-11(12)7-10;1-10(2)12-8-9-13-11-6-4-3-5-7-11;2*1-10(2)12-9-8-11-6-4-3-5-7-11;1-8(2)10-9-6-4-3-5-7-9;1-6(2)5-8-7(3)4;1-4-6(3)7-5-2;1-5-4-7-3-2-6-5;1-3-5-4-2;1-3-4-2/h10-17H,3-9H2,1-2H3;10-13H,3-9H2,1-2H3;9-12H,3-8H2,1-2H3;9-12H,3-8H2,1-2H3;3-7,10H,8-9H2,1-2H3;10-11H,3-9H2,1-2H3;3-7,10H,8-9H2,1-2H3;8-9H,3-7H2,1-2H3;6-7H,5H2,1-4H3;6H,4-5H2,1-3H3;5H,2-4H2,1H3;3-4H2,1-2H3;3H2,1-2H3. The van der Waals surface area contributed by atoms with E-state index in [-0.39, 0.29) is 6.10 Å². The summed E-state index contributed by atoms with van der Waals surface area (Å²) in [4.78, 5) is 0. The van der Waals surface area contributed by atoms with E-state index in [1.807, 2.05) is 89.7 Å². The quantitative estimate of drug-likeness (QED) is 0.0470. The van der Waals surface area contributed by atoms with Crippen molar-refractivity contribution in [3.63, 3.8) is 0 Å². The lowest BCUT2D eigenvalue weighted by Crippen LogP contribution is -2.52. The Kier molecular flexibility index (Phi) is 67.2. The Hall–Kier alpha value is -1.93. The summed E-state index contributed by atoms with van der Waals surface area (Å²) in [7, 11) is 1.68. The summed E-state index contributed by atoms with van der Waals surface area (Å²) in [6.45, 7) is 67.9. The first-order valence-electron chi connectivity index (χ1n) is 58.3. The predicted octanol–water partition coefficient (Wildman–Crippen LogP) is 32.4. The molecule has 1 aliphatic heterocycles. The molecule has 14 bridgehead atoms. The largest absolute Gasteiger partial charge is 0.491 e. The number of hydrogen-bond acceptors (Lipinski definition) is 15. The highest BCUT2D eigenvalue weighted by atomic mass is 32.2. The van der Waals surface area contributed by atoms with Crippen molar-refractivity contribution < 1.29 is 66.3 Å². The van der Waals surface area contributed by atoms with Gasteiger partial charge in [0.1, 0.15) is 12.4 Å². The molecule has 138 heavy (non-hydrogen) atoms. The number of methoxy groups -OCH3 is 1. The minimum absolute atomic E-state index is 0.277. The Morgan fingerprint density at radius 3 is 1.28 bits per heavy atom. The number of thioether (sulfide) groups is 1. The van der Waals surface area contributed by atoms with Crippen LogP contribution in [0.4, 0.5) is 0 Å². The summed E-state index contributed by atoms with van der Waals surface area (Å²) in [5, 5.41) is 0. The van der Waals surface area contributed by atoms with Crippen molar-refractivity contribution in [1.29, 1.82) is 0 Å². The molecule has 15 heteroatoms. The molecule has 1 saturated heterocycles. The van der Waals surface area contributed by atoms with Crippen molar-refractivity contribution in [2.75, 3.05) is 105 Å². The fourth-order valence-electron chi connectivity index (χ4n) is 26.3. The predicted molar refractivity (Wildman–Crippen MR) is 586 cm³/mol. The average molecular weight is 1960 g/mol. The molecule has 0 amide bonds. The number of fused-ring (bicyclic) bond motifs is 11. The first-order chi connectivity index (χ1) is 66.1. The van der Waals surface area contributed by atoms with E-state index in [9.17, 15) is 0 Å². The van der Waals surface area contributed by atoms with Gasteiger partial charge in [-0.15, -0.1) is 0 Å². The molecule has 12 atom stereocenters. The van der Waals surface area contributed by atoms with Crippen molar-refractivity contribution in [3.8, 4) is 5.75 Å². The molecule has 14 nitrogen and oxygen atoms in total. The van der Waals surface area contributed by atoms with Gasteiger partial charge < -0.3 is 66.3 Å². The maximum Gasteiger partial charge on any atom is 0.119 e. The van der Waals surface area contributed by atoms with Crippen LogP contribution < -0.4 is 4.74 Å². The van der Waals surface area contributed by atoms with Gasteiger partial charge in [-0.05, 0) is 469 Å². The monoisotopic (exact) mass is 1960 g/mol. The first kappa shape index (κ1) is 127. The van der Waals surface area contributed by atoms with E-state index in [0.29, 0.717) is 97.3 Å². The van der Waals surface area contributed by atoms with Gasteiger partial charge in [0.15, 0.2) is 0 Å². The van der Waals surface area contributed by atoms with Crippen molar-refractivity contribution in [3.05, 3.63) is 66.2 Å². The Bertz CT molecular complexity index is 3040. The highest BCUT2D eigenvalue weighted by molar-refractivity contribution is 7.99. The molecule has 2 aromatic rings. The molecule has 0 aromatic heterocycles. The first-order valence-corrected chi connectivity index (χ1v) is 59.5. The third kappa shape index (κ3) is 54.3. The second kappa shape index (κ2) is 73.2. The van der Waals surface area contributed by atoms with Crippen molar-refractivity contribution in [2.24, 2.45) is 112 Å². The van der Waals surface area contributed by atoms with Gasteiger partial charge in [-0.1, -0.05) is 127 Å². The van der Waals surface area contributed by atoms with Crippen LogP contribution in [0.5, 0.6) is 5.75 Å². The Balaban J connectivity index is 0.000000268.